The van der Waals surface area contributed by atoms with Crippen molar-refractivity contribution in [1.29, 1.82) is 0 Å². The number of methoxy groups -OCH3 is 1. The van der Waals surface area contributed by atoms with Gasteiger partial charge in [-0.25, -0.2) is 4.79 Å². The van der Waals surface area contributed by atoms with E-state index in [-0.39, 0.29) is 11.6 Å². The minimum absolute atomic E-state index is 0.260. The molecule has 0 saturated heterocycles. The van der Waals surface area contributed by atoms with Gasteiger partial charge in [0.15, 0.2) is 6.61 Å². The van der Waals surface area contributed by atoms with E-state index in [2.05, 4.69) is 5.32 Å². The largest absolute Gasteiger partial charge is 0.496 e. The highest BCUT2D eigenvalue weighted by Gasteiger charge is 2.16. The lowest BCUT2D eigenvalue weighted by atomic mass is 10.1. The number of esters is 1. The average molecular weight is 382 g/mol. The molecule has 0 fully saturated rings. The zero-order chi connectivity index (χ0) is 18.4. The fourth-order valence-corrected chi connectivity index (χ4v) is 2.48. The highest BCUT2D eigenvalue weighted by atomic mass is 35.5. The molecule has 0 bridgehead atoms. The van der Waals surface area contributed by atoms with Crippen molar-refractivity contribution in [3.05, 3.63) is 63.6 Å². The van der Waals surface area contributed by atoms with Crippen LogP contribution >= 0.6 is 23.2 Å². The summed E-state index contributed by atoms with van der Waals surface area (Å²) in [6.07, 6.45) is 0. The van der Waals surface area contributed by atoms with Crippen LogP contribution in [-0.4, -0.2) is 25.6 Å². The lowest BCUT2D eigenvalue weighted by Gasteiger charge is -2.15. The van der Waals surface area contributed by atoms with Gasteiger partial charge >= 0.3 is 5.97 Å². The van der Waals surface area contributed by atoms with Crippen molar-refractivity contribution in [3.63, 3.8) is 0 Å². The van der Waals surface area contributed by atoms with Crippen LogP contribution in [0.2, 0.25) is 10.0 Å². The first-order chi connectivity index (χ1) is 11.9. The molecular weight excluding hydrogens is 365 g/mol. The Bertz CT molecular complexity index is 779. The number of benzene rings is 2. The molecule has 0 spiro atoms. The van der Waals surface area contributed by atoms with E-state index < -0.39 is 18.5 Å². The molecule has 1 atom stereocenters. The average Bonchev–Trinajstić information content (AvgIpc) is 2.61. The van der Waals surface area contributed by atoms with Crippen LogP contribution in [0.3, 0.4) is 0 Å². The van der Waals surface area contributed by atoms with E-state index in [0.29, 0.717) is 15.8 Å². The molecule has 0 aliphatic rings. The maximum absolute atomic E-state index is 12.1. The van der Waals surface area contributed by atoms with E-state index in [9.17, 15) is 9.59 Å². The first-order valence-electron chi connectivity index (χ1n) is 7.47. The van der Waals surface area contributed by atoms with Crippen molar-refractivity contribution in [3.8, 4) is 5.75 Å². The Morgan fingerprint density at radius 2 is 1.84 bits per heavy atom. The molecule has 0 aliphatic heterocycles. The second kappa shape index (κ2) is 8.74. The maximum atomic E-state index is 12.1. The van der Waals surface area contributed by atoms with E-state index in [1.807, 2.05) is 0 Å². The Hall–Kier alpha value is -2.24. The van der Waals surface area contributed by atoms with E-state index in [0.717, 1.165) is 5.56 Å². The van der Waals surface area contributed by atoms with Gasteiger partial charge in [0, 0.05) is 0 Å². The van der Waals surface area contributed by atoms with Crippen molar-refractivity contribution in [1.82, 2.24) is 5.32 Å². The summed E-state index contributed by atoms with van der Waals surface area (Å²) >= 11 is 11.8. The van der Waals surface area contributed by atoms with Gasteiger partial charge in [-0.1, -0.05) is 41.4 Å². The van der Waals surface area contributed by atoms with Gasteiger partial charge in [-0.15, -0.1) is 0 Å². The molecular formula is C18H17Cl2NO4. The van der Waals surface area contributed by atoms with E-state index in [4.69, 9.17) is 32.7 Å². The minimum atomic E-state index is -0.630. The predicted molar refractivity (Wildman–Crippen MR) is 96.3 cm³/mol. The molecule has 2 aromatic rings. The molecule has 0 unspecified atom stereocenters. The fourth-order valence-electron chi connectivity index (χ4n) is 2.17. The normalized spacial score (nSPS) is 11.5. The number of halogens is 2. The SMILES string of the molecule is COc1ccccc1C(=O)OCC(=O)N[C@@H](C)c1ccc(Cl)c(Cl)c1. The molecule has 1 amide bonds. The van der Waals surface area contributed by atoms with Gasteiger partial charge in [0.25, 0.3) is 5.91 Å². The molecule has 0 radical (unpaired) electrons. The number of ether oxygens (including phenoxy) is 2. The Balaban J connectivity index is 1.91. The number of rotatable bonds is 6. The van der Waals surface area contributed by atoms with Gasteiger partial charge in [-0.2, -0.15) is 0 Å². The highest BCUT2D eigenvalue weighted by molar-refractivity contribution is 6.42. The quantitative estimate of drug-likeness (QED) is 0.766. The monoisotopic (exact) mass is 381 g/mol. The van der Waals surface area contributed by atoms with Crippen LogP contribution in [0.4, 0.5) is 0 Å². The summed E-state index contributed by atoms with van der Waals surface area (Å²) in [6.45, 7) is 1.39. The Labute approximate surface area is 155 Å². The third-order valence-corrected chi connectivity index (χ3v) is 4.22. The molecule has 1 N–H and O–H groups in total. The lowest BCUT2D eigenvalue weighted by molar-refractivity contribution is -0.124. The smallest absolute Gasteiger partial charge is 0.342 e. The molecule has 0 heterocycles. The molecule has 25 heavy (non-hydrogen) atoms. The standard InChI is InChI=1S/C18H17Cl2NO4/c1-11(12-7-8-14(19)15(20)9-12)21-17(22)10-25-18(23)13-5-3-4-6-16(13)24-2/h3-9,11H,10H2,1-2H3,(H,21,22)/t11-/m0/s1. The van der Waals surface area contributed by atoms with Gasteiger partial charge in [-0.3, -0.25) is 4.79 Å². The van der Waals surface area contributed by atoms with Crippen molar-refractivity contribution in [2.45, 2.75) is 13.0 Å². The summed E-state index contributed by atoms with van der Waals surface area (Å²) < 4.78 is 10.1. The second-order valence-electron chi connectivity index (χ2n) is 5.24. The van der Waals surface area contributed by atoms with E-state index >= 15 is 0 Å². The lowest BCUT2D eigenvalue weighted by Crippen LogP contribution is -2.31. The summed E-state index contributed by atoms with van der Waals surface area (Å²) in [5.41, 5.74) is 1.05. The number of para-hydroxylation sites is 1. The van der Waals surface area contributed by atoms with Crippen molar-refractivity contribution in [2.24, 2.45) is 0 Å². The highest BCUT2D eigenvalue weighted by Crippen LogP contribution is 2.25. The van der Waals surface area contributed by atoms with Crippen LogP contribution in [0.15, 0.2) is 42.5 Å². The molecule has 0 saturated carbocycles. The molecule has 2 aromatic carbocycles. The molecule has 132 valence electrons. The Kier molecular flexibility index (Phi) is 6.67. The van der Waals surface area contributed by atoms with Gasteiger partial charge in [0.1, 0.15) is 11.3 Å². The Morgan fingerprint density at radius 1 is 1.12 bits per heavy atom. The number of carbonyl (C=O) groups is 2. The number of amides is 1. The fraction of sp³-hybridized carbons (Fsp3) is 0.222. The first kappa shape index (κ1) is 19.1. The number of hydrogen-bond donors (Lipinski definition) is 1. The minimum Gasteiger partial charge on any atom is -0.496 e. The third kappa shape index (κ3) is 5.11. The van der Waals surface area contributed by atoms with Crippen molar-refractivity contribution in [2.75, 3.05) is 13.7 Å². The molecule has 7 heteroatoms. The number of nitrogens with one attached hydrogen (secondary N) is 1. The molecule has 0 aromatic heterocycles. The zero-order valence-electron chi connectivity index (χ0n) is 13.7. The van der Waals surface area contributed by atoms with Crippen LogP contribution in [0.1, 0.15) is 28.9 Å². The van der Waals surface area contributed by atoms with Crippen molar-refractivity contribution < 1.29 is 19.1 Å². The van der Waals surface area contributed by atoms with E-state index in [1.165, 1.54) is 7.11 Å². The summed E-state index contributed by atoms with van der Waals surface area (Å²) in [4.78, 5) is 24.0. The van der Waals surface area contributed by atoms with Crippen LogP contribution in [0.5, 0.6) is 5.75 Å². The van der Waals surface area contributed by atoms with Gasteiger partial charge in [0.2, 0.25) is 0 Å². The summed E-state index contributed by atoms with van der Waals surface area (Å²) in [7, 11) is 1.46. The van der Waals surface area contributed by atoms with Gasteiger partial charge in [-0.05, 0) is 36.8 Å². The van der Waals surface area contributed by atoms with Crippen LogP contribution < -0.4 is 10.1 Å². The molecule has 5 nitrogen and oxygen atoms in total. The van der Waals surface area contributed by atoms with Crippen LogP contribution in [-0.2, 0) is 9.53 Å². The zero-order valence-corrected chi connectivity index (χ0v) is 15.2. The maximum Gasteiger partial charge on any atom is 0.342 e. The Morgan fingerprint density at radius 3 is 2.52 bits per heavy atom. The van der Waals surface area contributed by atoms with Crippen LogP contribution in [0, 0.1) is 0 Å². The van der Waals surface area contributed by atoms with Gasteiger partial charge in [0.05, 0.1) is 23.2 Å². The summed E-state index contributed by atoms with van der Waals surface area (Å²) in [5.74, 6) is -0.673. The van der Waals surface area contributed by atoms with Crippen molar-refractivity contribution >= 4 is 35.1 Å². The topological polar surface area (TPSA) is 64.6 Å². The van der Waals surface area contributed by atoms with Crippen LogP contribution in [0.25, 0.3) is 0 Å². The summed E-state index contributed by atoms with van der Waals surface area (Å²) in [5, 5.41) is 3.57. The molecule has 0 aliphatic carbocycles. The predicted octanol–water partition coefficient (Wildman–Crippen LogP) is 4.04. The third-order valence-electron chi connectivity index (χ3n) is 3.48. The first-order valence-corrected chi connectivity index (χ1v) is 8.22. The molecule has 2 rings (SSSR count). The van der Waals surface area contributed by atoms with E-state index in [1.54, 1.807) is 49.4 Å². The summed E-state index contributed by atoms with van der Waals surface area (Å²) in [6, 6.07) is 11.4. The van der Waals surface area contributed by atoms with Gasteiger partial charge < -0.3 is 14.8 Å². The number of hydrogen-bond acceptors (Lipinski definition) is 4. The second-order valence-corrected chi connectivity index (χ2v) is 6.05. The number of carbonyl (C=O) groups excluding carboxylic acids is 2.